The molecule has 0 aromatic carbocycles. The lowest BCUT2D eigenvalue weighted by molar-refractivity contribution is -0.198. The number of carbonyl (C=O) groups is 1. The monoisotopic (exact) mass is 308 g/mol. The summed E-state index contributed by atoms with van der Waals surface area (Å²) in [6, 6.07) is 0. The summed E-state index contributed by atoms with van der Waals surface area (Å²) in [5.41, 5.74) is 5.53. The number of carbonyl (C=O) groups excluding carboxylic acids is 1. The number of hydrogen-bond acceptors (Lipinski definition) is 2. The minimum Gasteiger partial charge on any atom is -0.356 e. The van der Waals surface area contributed by atoms with Gasteiger partial charge in [0.15, 0.2) is 0 Å². The first-order valence-corrected chi connectivity index (χ1v) is 7.94. The van der Waals surface area contributed by atoms with E-state index in [2.05, 4.69) is 5.32 Å². The van der Waals surface area contributed by atoms with Crippen LogP contribution in [0, 0.1) is 17.8 Å². The second-order valence-corrected chi connectivity index (χ2v) is 6.02. The molecule has 0 spiro atoms. The largest absolute Gasteiger partial charge is 0.392 e. The third kappa shape index (κ3) is 5.85. The molecule has 3 atom stereocenters. The van der Waals surface area contributed by atoms with Crippen LogP contribution in [-0.2, 0) is 4.79 Å². The van der Waals surface area contributed by atoms with Gasteiger partial charge in [-0.2, -0.15) is 13.2 Å². The lowest BCUT2D eigenvalue weighted by Crippen LogP contribution is -2.43. The Morgan fingerprint density at radius 3 is 2.52 bits per heavy atom. The van der Waals surface area contributed by atoms with E-state index < -0.39 is 23.9 Å². The summed E-state index contributed by atoms with van der Waals surface area (Å²) in [4.78, 5) is 12.1. The van der Waals surface area contributed by atoms with Gasteiger partial charge in [0, 0.05) is 12.5 Å². The summed E-state index contributed by atoms with van der Waals surface area (Å²) < 4.78 is 39.0. The molecule has 0 heterocycles. The fourth-order valence-electron chi connectivity index (χ4n) is 3.20. The molecule has 1 aliphatic carbocycles. The predicted octanol–water partition coefficient (Wildman–Crippen LogP) is 3.24. The van der Waals surface area contributed by atoms with Crippen LogP contribution in [0.4, 0.5) is 13.2 Å². The molecule has 1 aliphatic rings. The first kappa shape index (κ1) is 18.3. The van der Waals surface area contributed by atoms with Crippen molar-refractivity contribution in [2.75, 3.05) is 13.1 Å². The Balaban J connectivity index is 2.55. The maximum atomic E-state index is 13.0. The molecule has 21 heavy (non-hydrogen) atoms. The molecule has 1 amide bonds. The Morgan fingerprint density at radius 1 is 1.29 bits per heavy atom. The lowest BCUT2D eigenvalue weighted by Gasteiger charge is -2.32. The molecule has 0 saturated heterocycles. The Hall–Kier alpha value is -0.780. The molecule has 6 heteroatoms. The van der Waals surface area contributed by atoms with Crippen LogP contribution < -0.4 is 11.1 Å². The predicted molar refractivity (Wildman–Crippen MR) is 76.6 cm³/mol. The number of halogens is 3. The topological polar surface area (TPSA) is 55.1 Å². The lowest BCUT2D eigenvalue weighted by atomic mass is 9.78. The summed E-state index contributed by atoms with van der Waals surface area (Å²) in [5, 5.41) is 2.73. The molecule has 1 fully saturated rings. The second kappa shape index (κ2) is 8.61. The molecule has 0 aliphatic heterocycles. The van der Waals surface area contributed by atoms with Gasteiger partial charge in [-0.25, -0.2) is 0 Å². The SMILES string of the molecule is CCCC(CCN)CNC(=O)C1CCCCC1C(F)(F)F. The van der Waals surface area contributed by atoms with E-state index in [9.17, 15) is 18.0 Å². The molecular weight excluding hydrogens is 281 g/mol. The van der Waals surface area contributed by atoms with Crippen molar-refractivity contribution in [2.45, 2.75) is 58.0 Å². The molecule has 0 aromatic heterocycles. The quantitative estimate of drug-likeness (QED) is 0.758. The van der Waals surface area contributed by atoms with Crippen LogP contribution in [0.3, 0.4) is 0 Å². The molecule has 3 unspecified atom stereocenters. The summed E-state index contributed by atoms with van der Waals surface area (Å²) >= 11 is 0. The summed E-state index contributed by atoms with van der Waals surface area (Å²) in [5.74, 6) is -2.57. The third-order valence-corrected chi connectivity index (χ3v) is 4.36. The van der Waals surface area contributed by atoms with Crippen LogP contribution in [0.1, 0.15) is 51.9 Å². The molecule has 3 nitrogen and oxygen atoms in total. The zero-order chi connectivity index (χ0) is 15.9. The Bertz CT molecular complexity index is 315. The van der Waals surface area contributed by atoms with E-state index >= 15 is 0 Å². The van der Waals surface area contributed by atoms with E-state index in [4.69, 9.17) is 5.73 Å². The number of hydrogen-bond donors (Lipinski definition) is 2. The van der Waals surface area contributed by atoms with Crippen molar-refractivity contribution < 1.29 is 18.0 Å². The minimum absolute atomic E-state index is 0.0722. The van der Waals surface area contributed by atoms with Gasteiger partial charge in [-0.05, 0) is 38.1 Å². The maximum Gasteiger partial charge on any atom is 0.392 e. The molecule has 0 aromatic rings. The van der Waals surface area contributed by atoms with E-state index in [1.54, 1.807) is 0 Å². The number of amides is 1. The van der Waals surface area contributed by atoms with Gasteiger partial charge in [-0.3, -0.25) is 4.79 Å². The van der Waals surface area contributed by atoms with E-state index in [1.807, 2.05) is 6.92 Å². The Morgan fingerprint density at radius 2 is 1.95 bits per heavy atom. The van der Waals surface area contributed by atoms with E-state index in [-0.39, 0.29) is 12.3 Å². The first-order chi connectivity index (χ1) is 9.90. The van der Waals surface area contributed by atoms with Crippen molar-refractivity contribution in [3.63, 3.8) is 0 Å². The first-order valence-electron chi connectivity index (χ1n) is 7.94. The van der Waals surface area contributed by atoms with Crippen molar-refractivity contribution in [3.8, 4) is 0 Å². The highest BCUT2D eigenvalue weighted by molar-refractivity contribution is 5.79. The zero-order valence-electron chi connectivity index (χ0n) is 12.7. The number of alkyl halides is 3. The van der Waals surface area contributed by atoms with E-state index in [0.717, 1.165) is 19.3 Å². The molecule has 1 saturated carbocycles. The van der Waals surface area contributed by atoms with Gasteiger partial charge in [0.25, 0.3) is 0 Å². The van der Waals surface area contributed by atoms with Gasteiger partial charge in [0.05, 0.1) is 5.92 Å². The highest BCUT2D eigenvalue weighted by Gasteiger charge is 2.47. The van der Waals surface area contributed by atoms with E-state index in [1.165, 1.54) is 0 Å². The molecule has 0 bridgehead atoms. The molecule has 0 radical (unpaired) electrons. The maximum absolute atomic E-state index is 13.0. The van der Waals surface area contributed by atoms with Gasteiger partial charge in [-0.1, -0.05) is 26.2 Å². The van der Waals surface area contributed by atoms with Crippen LogP contribution >= 0.6 is 0 Å². The van der Waals surface area contributed by atoms with Crippen molar-refractivity contribution in [2.24, 2.45) is 23.5 Å². The van der Waals surface area contributed by atoms with Gasteiger partial charge >= 0.3 is 6.18 Å². The normalized spacial score (nSPS) is 24.6. The Kier molecular flexibility index (Phi) is 7.49. The van der Waals surface area contributed by atoms with Gasteiger partial charge < -0.3 is 11.1 Å². The zero-order valence-corrected chi connectivity index (χ0v) is 12.7. The third-order valence-electron chi connectivity index (χ3n) is 4.36. The second-order valence-electron chi connectivity index (χ2n) is 6.02. The van der Waals surface area contributed by atoms with Gasteiger partial charge in [0.1, 0.15) is 0 Å². The van der Waals surface area contributed by atoms with Crippen LogP contribution in [0.2, 0.25) is 0 Å². The standard InChI is InChI=1S/C15H27F3N2O/c1-2-5-11(8-9-19)10-20-14(21)12-6-3-4-7-13(12)15(16,17)18/h11-13H,2-10,19H2,1H3,(H,20,21). The highest BCUT2D eigenvalue weighted by Crippen LogP contribution is 2.41. The molecule has 1 rings (SSSR count). The number of rotatable bonds is 7. The van der Waals surface area contributed by atoms with E-state index in [0.29, 0.717) is 32.4 Å². The summed E-state index contributed by atoms with van der Waals surface area (Å²) in [7, 11) is 0. The van der Waals surface area contributed by atoms with Gasteiger partial charge in [0.2, 0.25) is 5.91 Å². The minimum atomic E-state index is -4.28. The van der Waals surface area contributed by atoms with Crippen LogP contribution in [-0.4, -0.2) is 25.2 Å². The van der Waals surface area contributed by atoms with Crippen molar-refractivity contribution in [1.82, 2.24) is 5.32 Å². The number of nitrogens with one attached hydrogen (secondary N) is 1. The fourth-order valence-corrected chi connectivity index (χ4v) is 3.20. The molecule has 3 N–H and O–H groups in total. The average Bonchev–Trinajstić information content (AvgIpc) is 2.44. The number of nitrogens with two attached hydrogens (primary N) is 1. The van der Waals surface area contributed by atoms with Crippen molar-refractivity contribution in [1.29, 1.82) is 0 Å². The summed E-state index contributed by atoms with van der Waals surface area (Å²) in [6.07, 6.45) is 0.101. The van der Waals surface area contributed by atoms with Gasteiger partial charge in [-0.15, -0.1) is 0 Å². The van der Waals surface area contributed by atoms with Crippen LogP contribution in [0.15, 0.2) is 0 Å². The highest BCUT2D eigenvalue weighted by atomic mass is 19.4. The summed E-state index contributed by atoms with van der Waals surface area (Å²) in [6.45, 7) is 3.02. The fraction of sp³-hybridized carbons (Fsp3) is 0.933. The Labute approximate surface area is 124 Å². The van der Waals surface area contributed by atoms with Crippen LogP contribution in [0.5, 0.6) is 0 Å². The molecular formula is C15H27F3N2O. The smallest absolute Gasteiger partial charge is 0.356 e. The van der Waals surface area contributed by atoms with Crippen molar-refractivity contribution >= 4 is 5.91 Å². The molecule has 124 valence electrons. The average molecular weight is 308 g/mol. The van der Waals surface area contributed by atoms with Crippen molar-refractivity contribution in [3.05, 3.63) is 0 Å². The van der Waals surface area contributed by atoms with Crippen LogP contribution in [0.25, 0.3) is 0 Å².